The van der Waals surface area contributed by atoms with E-state index in [1.807, 2.05) is 42.5 Å². The Balaban J connectivity index is 2.02. The fourth-order valence-electron chi connectivity index (χ4n) is 2.19. The lowest BCUT2D eigenvalue weighted by Crippen LogP contribution is -2.39. The van der Waals surface area contributed by atoms with Crippen molar-refractivity contribution in [2.24, 2.45) is 0 Å². The second-order valence-electron chi connectivity index (χ2n) is 5.04. The van der Waals surface area contributed by atoms with Gasteiger partial charge in [-0.2, -0.15) is 0 Å². The van der Waals surface area contributed by atoms with Gasteiger partial charge in [0, 0.05) is 6.54 Å². The molecule has 0 heterocycles. The molecular weight excluding hydrogens is 278 g/mol. The number of aromatic hydroxyl groups is 1. The molecule has 0 aliphatic carbocycles. The number of phenols is 1. The third kappa shape index (κ3) is 4.90. The van der Waals surface area contributed by atoms with Crippen LogP contribution < -0.4 is 5.32 Å². The van der Waals surface area contributed by atoms with Crippen molar-refractivity contribution in [2.45, 2.75) is 25.9 Å². The number of carbonyl (C=O) groups excluding carboxylic acids is 1. The number of phenolic OH excluding ortho intramolecular Hbond substituents is 1. The van der Waals surface area contributed by atoms with Crippen LogP contribution in [0.5, 0.6) is 5.75 Å². The minimum absolute atomic E-state index is 0.216. The van der Waals surface area contributed by atoms with E-state index < -0.39 is 6.04 Å². The van der Waals surface area contributed by atoms with Crippen molar-refractivity contribution < 1.29 is 14.6 Å². The average Bonchev–Trinajstić information content (AvgIpc) is 2.54. The zero-order valence-corrected chi connectivity index (χ0v) is 12.7. The molecule has 0 aromatic heterocycles. The van der Waals surface area contributed by atoms with Gasteiger partial charge in [0.05, 0.1) is 6.61 Å². The van der Waals surface area contributed by atoms with Gasteiger partial charge in [-0.1, -0.05) is 42.5 Å². The third-order valence-corrected chi connectivity index (χ3v) is 3.34. The van der Waals surface area contributed by atoms with E-state index in [2.05, 4.69) is 5.32 Å². The van der Waals surface area contributed by atoms with Crippen LogP contribution in [0.15, 0.2) is 54.6 Å². The molecule has 0 saturated heterocycles. The van der Waals surface area contributed by atoms with Gasteiger partial charge >= 0.3 is 5.97 Å². The van der Waals surface area contributed by atoms with E-state index in [1.54, 1.807) is 19.1 Å². The van der Waals surface area contributed by atoms with Gasteiger partial charge in [0.1, 0.15) is 11.8 Å². The summed E-state index contributed by atoms with van der Waals surface area (Å²) in [5, 5.41) is 12.6. The number of esters is 1. The second kappa shape index (κ2) is 8.20. The van der Waals surface area contributed by atoms with E-state index in [4.69, 9.17) is 4.74 Å². The van der Waals surface area contributed by atoms with Crippen LogP contribution in [-0.2, 0) is 22.5 Å². The number of benzene rings is 2. The van der Waals surface area contributed by atoms with Gasteiger partial charge in [0.15, 0.2) is 0 Å². The molecule has 4 nitrogen and oxygen atoms in total. The smallest absolute Gasteiger partial charge is 0.323 e. The van der Waals surface area contributed by atoms with Crippen LogP contribution in [0.3, 0.4) is 0 Å². The standard InChI is InChI=1S/C18H21NO3/c1-2-22-18(21)17(12-14-8-10-16(20)11-9-14)19-13-15-6-4-3-5-7-15/h3-11,17,19-20H,2,12-13H2,1H3/t17-/m0/s1. The molecule has 116 valence electrons. The molecule has 0 aliphatic heterocycles. The highest BCUT2D eigenvalue weighted by Gasteiger charge is 2.19. The summed E-state index contributed by atoms with van der Waals surface area (Å²) in [7, 11) is 0. The fraction of sp³-hybridized carbons (Fsp3) is 0.278. The van der Waals surface area contributed by atoms with Crippen molar-refractivity contribution in [2.75, 3.05) is 6.61 Å². The van der Waals surface area contributed by atoms with Gasteiger partial charge in [-0.3, -0.25) is 4.79 Å². The molecule has 0 amide bonds. The molecule has 0 bridgehead atoms. The van der Waals surface area contributed by atoms with Gasteiger partial charge in [-0.15, -0.1) is 0 Å². The van der Waals surface area contributed by atoms with Crippen LogP contribution in [0, 0.1) is 0 Å². The highest BCUT2D eigenvalue weighted by Crippen LogP contribution is 2.12. The van der Waals surface area contributed by atoms with E-state index in [-0.39, 0.29) is 11.7 Å². The average molecular weight is 299 g/mol. The first-order valence-corrected chi connectivity index (χ1v) is 7.41. The minimum Gasteiger partial charge on any atom is -0.508 e. The Morgan fingerprint density at radius 2 is 1.77 bits per heavy atom. The Bertz CT molecular complexity index is 581. The van der Waals surface area contributed by atoms with Crippen LogP contribution in [-0.4, -0.2) is 23.7 Å². The lowest BCUT2D eigenvalue weighted by Gasteiger charge is -2.17. The summed E-state index contributed by atoms with van der Waals surface area (Å²) in [5.74, 6) is -0.0415. The quantitative estimate of drug-likeness (QED) is 0.772. The monoisotopic (exact) mass is 299 g/mol. The number of nitrogens with one attached hydrogen (secondary N) is 1. The lowest BCUT2D eigenvalue weighted by atomic mass is 10.1. The van der Waals surface area contributed by atoms with Crippen LogP contribution in [0.4, 0.5) is 0 Å². The largest absolute Gasteiger partial charge is 0.508 e. The number of rotatable bonds is 7. The Kier molecular flexibility index (Phi) is 5.98. The Morgan fingerprint density at radius 3 is 2.41 bits per heavy atom. The number of hydrogen-bond acceptors (Lipinski definition) is 4. The minimum atomic E-state index is -0.412. The molecule has 1 atom stereocenters. The molecule has 0 spiro atoms. The van der Waals surface area contributed by atoms with E-state index in [0.29, 0.717) is 19.6 Å². The normalized spacial score (nSPS) is 11.9. The predicted octanol–water partition coefficient (Wildman–Crippen LogP) is 2.66. The maximum Gasteiger partial charge on any atom is 0.323 e. The summed E-state index contributed by atoms with van der Waals surface area (Å²) in [6.07, 6.45) is 0.520. The summed E-state index contributed by atoms with van der Waals surface area (Å²) < 4.78 is 5.14. The number of carbonyl (C=O) groups is 1. The highest BCUT2D eigenvalue weighted by molar-refractivity contribution is 5.76. The molecule has 2 rings (SSSR count). The number of ether oxygens (including phenoxy) is 1. The second-order valence-corrected chi connectivity index (χ2v) is 5.04. The van der Waals surface area contributed by atoms with Crippen molar-refractivity contribution >= 4 is 5.97 Å². The molecule has 22 heavy (non-hydrogen) atoms. The molecule has 2 N–H and O–H groups in total. The van der Waals surface area contributed by atoms with E-state index in [1.165, 1.54) is 0 Å². The molecule has 4 heteroatoms. The van der Waals surface area contributed by atoms with E-state index in [9.17, 15) is 9.90 Å². The topological polar surface area (TPSA) is 58.6 Å². The molecule has 0 aliphatic rings. The zero-order valence-electron chi connectivity index (χ0n) is 12.7. The van der Waals surface area contributed by atoms with Crippen molar-refractivity contribution in [3.05, 3.63) is 65.7 Å². The van der Waals surface area contributed by atoms with Gasteiger partial charge in [-0.25, -0.2) is 0 Å². The summed E-state index contributed by atoms with van der Waals surface area (Å²) in [4.78, 5) is 12.1. The zero-order chi connectivity index (χ0) is 15.8. The van der Waals surface area contributed by atoms with E-state index in [0.717, 1.165) is 11.1 Å². The summed E-state index contributed by atoms with van der Waals surface area (Å²) >= 11 is 0. The van der Waals surface area contributed by atoms with Crippen molar-refractivity contribution in [1.29, 1.82) is 0 Å². The fourth-order valence-corrected chi connectivity index (χ4v) is 2.19. The van der Waals surface area contributed by atoms with Crippen LogP contribution in [0.2, 0.25) is 0 Å². The third-order valence-electron chi connectivity index (χ3n) is 3.34. The lowest BCUT2D eigenvalue weighted by molar-refractivity contribution is -0.145. The van der Waals surface area contributed by atoms with Gasteiger partial charge in [0.2, 0.25) is 0 Å². The van der Waals surface area contributed by atoms with Crippen LogP contribution in [0.1, 0.15) is 18.1 Å². The molecule has 2 aromatic carbocycles. The van der Waals surface area contributed by atoms with Crippen molar-refractivity contribution in [3.8, 4) is 5.75 Å². The van der Waals surface area contributed by atoms with Crippen molar-refractivity contribution in [1.82, 2.24) is 5.32 Å². The predicted molar refractivity (Wildman–Crippen MR) is 85.5 cm³/mol. The molecular formula is C18H21NO3. The molecule has 0 fully saturated rings. The van der Waals surface area contributed by atoms with Crippen molar-refractivity contribution in [3.63, 3.8) is 0 Å². The first kappa shape index (κ1) is 16.0. The maximum atomic E-state index is 12.1. The van der Waals surface area contributed by atoms with Gasteiger partial charge < -0.3 is 15.2 Å². The molecule has 0 unspecified atom stereocenters. The Morgan fingerprint density at radius 1 is 1.09 bits per heavy atom. The molecule has 2 aromatic rings. The SMILES string of the molecule is CCOC(=O)[C@H](Cc1ccc(O)cc1)NCc1ccccc1. The number of hydrogen-bond donors (Lipinski definition) is 2. The first-order valence-electron chi connectivity index (χ1n) is 7.41. The van der Waals surface area contributed by atoms with Crippen LogP contribution in [0.25, 0.3) is 0 Å². The molecule has 0 radical (unpaired) electrons. The Labute approximate surface area is 130 Å². The highest BCUT2D eigenvalue weighted by atomic mass is 16.5. The Hall–Kier alpha value is -2.33. The molecule has 0 saturated carbocycles. The maximum absolute atomic E-state index is 12.1. The van der Waals surface area contributed by atoms with Gasteiger partial charge in [-0.05, 0) is 36.6 Å². The summed E-state index contributed by atoms with van der Waals surface area (Å²) in [6.45, 7) is 2.76. The first-order chi connectivity index (χ1) is 10.7. The summed E-state index contributed by atoms with van der Waals surface area (Å²) in [5.41, 5.74) is 2.08. The van der Waals surface area contributed by atoms with Crippen LogP contribution >= 0.6 is 0 Å². The van der Waals surface area contributed by atoms with Gasteiger partial charge in [0.25, 0.3) is 0 Å². The summed E-state index contributed by atoms with van der Waals surface area (Å²) in [6, 6.07) is 16.4. The van der Waals surface area contributed by atoms with E-state index >= 15 is 0 Å².